The second kappa shape index (κ2) is 4.34. The zero-order chi connectivity index (χ0) is 11.9. The molecule has 2 heterocycles. The molecule has 0 saturated carbocycles. The maximum Gasteiger partial charge on any atom is 0.0998 e. The lowest BCUT2D eigenvalue weighted by molar-refractivity contribution is 0.334. The lowest BCUT2D eigenvalue weighted by Gasteiger charge is -2.31. The number of aromatic nitrogens is 1. The number of rotatable bonds is 1. The minimum Gasteiger partial charge on any atom is -0.317 e. The largest absolute Gasteiger partial charge is 0.317 e. The van der Waals surface area contributed by atoms with Crippen LogP contribution in [0.5, 0.6) is 0 Å². The zero-order valence-electron chi connectivity index (χ0n) is 9.79. The highest BCUT2D eigenvalue weighted by Gasteiger charge is 2.31. The number of fused-ring (bicyclic) bond motifs is 1. The highest BCUT2D eigenvalue weighted by Crippen LogP contribution is 2.38. The van der Waals surface area contributed by atoms with E-state index in [0.29, 0.717) is 0 Å². The number of benzene rings is 1. The Morgan fingerprint density at radius 1 is 1.35 bits per heavy atom. The lowest BCUT2D eigenvalue weighted by Crippen LogP contribution is -2.37. The summed E-state index contributed by atoms with van der Waals surface area (Å²) in [5, 5.41) is 4.72. The lowest BCUT2D eigenvalue weighted by atomic mass is 9.82. The first-order valence-electron chi connectivity index (χ1n) is 5.95. The molecule has 1 aliphatic heterocycles. The van der Waals surface area contributed by atoms with E-state index in [4.69, 9.17) is 4.98 Å². The molecule has 2 aromatic rings. The summed E-state index contributed by atoms with van der Waals surface area (Å²) >= 11 is 5.37. The van der Waals surface area contributed by atoms with E-state index in [9.17, 15) is 0 Å². The van der Waals surface area contributed by atoms with Gasteiger partial charge in [-0.25, -0.2) is 4.98 Å². The second-order valence-electron chi connectivity index (χ2n) is 4.94. The summed E-state index contributed by atoms with van der Waals surface area (Å²) in [6, 6.07) is 6.33. The summed E-state index contributed by atoms with van der Waals surface area (Å²) in [6.45, 7) is 4.56. The van der Waals surface area contributed by atoms with Gasteiger partial charge in [0.25, 0.3) is 0 Å². The van der Waals surface area contributed by atoms with Crippen LogP contribution >= 0.6 is 27.3 Å². The van der Waals surface area contributed by atoms with Crippen molar-refractivity contribution in [3.05, 3.63) is 27.7 Å². The fourth-order valence-corrected chi connectivity index (χ4v) is 4.07. The maximum atomic E-state index is 4.82. The van der Waals surface area contributed by atoms with Crippen LogP contribution in [0.25, 0.3) is 10.2 Å². The highest BCUT2D eigenvalue weighted by molar-refractivity contribution is 9.10. The van der Waals surface area contributed by atoms with Crippen molar-refractivity contribution in [1.29, 1.82) is 0 Å². The highest BCUT2D eigenvalue weighted by atomic mass is 79.9. The molecule has 0 amide bonds. The van der Waals surface area contributed by atoms with Gasteiger partial charge in [0.05, 0.1) is 15.2 Å². The molecule has 17 heavy (non-hydrogen) atoms. The number of piperidine rings is 1. The van der Waals surface area contributed by atoms with Gasteiger partial charge in [-0.2, -0.15) is 0 Å². The van der Waals surface area contributed by atoms with Crippen LogP contribution in [0, 0.1) is 0 Å². The van der Waals surface area contributed by atoms with Crippen LogP contribution in [0.3, 0.4) is 0 Å². The first kappa shape index (κ1) is 11.6. The van der Waals surface area contributed by atoms with Gasteiger partial charge in [0.2, 0.25) is 0 Å². The topological polar surface area (TPSA) is 24.9 Å². The van der Waals surface area contributed by atoms with E-state index < -0.39 is 0 Å². The molecular formula is C13H15BrN2S. The molecule has 1 saturated heterocycles. The fourth-order valence-electron chi connectivity index (χ4n) is 2.35. The summed E-state index contributed by atoms with van der Waals surface area (Å²) in [4.78, 5) is 4.82. The van der Waals surface area contributed by atoms with Crippen LogP contribution in [0.4, 0.5) is 0 Å². The average Bonchev–Trinajstić information content (AvgIpc) is 2.73. The van der Waals surface area contributed by atoms with Gasteiger partial charge in [-0.3, -0.25) is 0 Å². The van der Waals surface area contributed by atoms with Crippen molar-refractivity contribution in [2.24, 2.45) is 0 Å². The number of nitrogens with one attached hydrogen (secondary N) is 1. The molecule has 0 bridgehead atoms. The van der Waals surface area contributed by atoms with E-state index in [0.717, 1.165) is 23.1 Å². The second-order valence-corrected chi connectivity index (χ2v) is 6.89. The molecule has 0 unspecified atom stereocenters. The summed E-state index contributed by atoms with van der Waals surface area (Å²) < 4.78 is 2.42. The first-order chi connectivity index (χ1) is 8.17. The van der Waals surface area contributed by atoms with Crippen LogP contribution < -0.4 is 5.32 Å². The molecule has 0 spiro atoms. The maximum absolute atomic E-state index is 4.82. The van der Waals surface area contributed by atoms with Crippen molar-refractivity contribution in [2.45, 2.75) is 25.2 Å². The number of thiazole rings is 1. The minimum atomic E-state index is 0.265. The molecular weight excluding hydrogens is 296 g/mol. The summed E-state index contributed by atoms with van der Waals surface area (Å²) in [5.41, 5.74) is 1.40. The molecule has 90 valence electrons. The Labute approximate surface area is 114 Å². The van der Waals surface area contributed by atoms with Gasteiger partial charge in [-0.05, 0) is 44.1 Å². The van der Waals surface area contributed by atoms with Gasteiger partial charge >= 0.3 is 0 Å². The van der Waals surface area contributed by atoms with E-state index >= 15 is 0 Å². The van der Waals surface area contributed by atoms with Crippen LogP contribution in [-0.4, -0.2) is 18.1 Å². The van der Waals surface area contributed by atoms with Gasteiger partial charge in [-0.15, -0.1) is 11.3 Å². The molecule has 1 aliphatic rings. The van der Waals surface area contributed by atoms with E-state index in [2.05, 4.69) is 46.4 Å². The van der Waals surface area contributed by atoms with E-state index in [1.807, 2.05) is 11.3 Å². The quantitative estimate of drug-likeness (QED) is 0.868. The van der Waals surface area contributed by atoms with E-state index in [1.165, 1.54) is 22.5 Å². The van der Waals surface area contributed by atoms with Gasteiger partial charge < -0.3 is 5.32 Å². The Kier molecular flexibility index (Phi) is 2.97. The van der Waals surface area contributed by atoms with Crippen molar-refractivity contribution in [1.82, 2.24) is 10.3 Å². The predicted octanol–water partition coefficient (Wildman–Crippen LogP) is 3.70. The number of halogens is 1. The molecule has 3 rings (SSSR count). The van der Waals surface area contributed by atoms with Crippen molar-refractivity contribution in [3.63, 3.8) is 0 Å². The van der Waals surface area contributed by atoms with Crippen LogP contribution in [-0.2, 0) is 5.41 Å². The van der Waals surface area contributed by atoms with E-state index in [1.54, 1.807) is 0 Å². The molecule has 0 radical (unpaired) electrons. The van der Waals surface area contributed by atoms with Gasteiger partial charge in [0, 0.05) is 9.89 Å². The van der Waals surface area contributed by atoms with Crippen LogP contribution in [0.15, 0.2) is 22.7 Å². The molecule has 4 heteroatoms. The fraction of sp³-hybridized carbons (Fsp3) is 0.462. The normalized spacial score (nSPS) is 19.6. The van der Waals surface area contributed by atoms with Crippen LogP contribution in [0.2, 0.25) is 0 Å². The summed E-state index contributed by atoms with van der Waals surface area (Å²) in [7, 11) is 0. The Hall–Kier alpha value is -0.450. The molecule has 1 N–H and O–H groups in total. The number of hydrogen-bond acceptors (Lipinski definition) is 3. The Bertz CT molecular complexity index is 543. The third-order valence-corrected chi connectivity index (χ3v) is 5.39. The van der Waals surface area contributed by atoms with E-state index in [-0.39, 0.29) is 5.41 Å². The van der Waals surface area contributed by atoms with Gasteiger partial charge in [-0.1, -0.05) is 22.9 Å². The number of hydrogen-bond donors (Lipinski definition) is 1. The van der Waals surface area contributed by atoms with Gasteiger partial charge in [0.15, 0.2) is 0 Å². The molecule has 1 aromatic heterocycles. The molecule has 0 atom stereocenters. The molecule has 0 aliphatic carbocycles. The van der Waals surface area contributed by atoms with Crippen molar-refractivity contribution >= 4 is 37.5 Å². The van der Waals surface area contributed by atoms with Gasteiger partial charge in [0.1, 0.15) is 0 Å². The SMILES string of the molecule is CC1(c2nc3ccc(Br)cc3s2)CCNCC1. The molecule has 2 nitrogen and oxygen atoms in total. The molecule has 1 fully saturated rings. The summed E-state index contributed by atoms with van der Waals surface area (Å²) in [5.74, 6) is 0. The Balaban J connectivity index is 2.05. The van der Waals surface area contributed by atoms with Crippen molar-refractivity contribution < 1.29 is 0 Å². The van der Waals surface area contributed by atoms with Crippen LogP contribution in [0.1, 0.15) is 24.8 Å². The predicted molar refractivity (Wildman–Crippen MR) is 76.8 cm³/mol. The minimum absolute atomic E-state index is 0.265. The van der Waals surface area contributed by atoms with Crippen molar-refractivity contribution in [3.8, 4) is 0 Å². The zero-order valence-corrected chi connectivity index (χ0v) is 12.2. The Morgan fingerprint density at radius 2 is 2.12 bits per heavy atom. The number of nitrogens with zero attached hydrogens (tertiary/aromatic N) is 1. The average molecular weight is 311 g/mol. The molecule has 1 aromatic carbocycles. The monoisotopic (exact) mass is 310 g/mol. The standard InChI is InChI=1S/C13H15BrN2S/c1-13(4-6-15-7-5-13)12-16-10-3-2-9(14)8-11(10)17-12/h2-3,8,15H,4-7H2,1H3. The Morgan fingerprint density at radius 3 is 2.88 bits per heavy atom. The third-order valence-electron chi connectivity index (χ3n) is 3.57. The third kappa shape index (κ3) is 2.14. The smallest absolute Gasteiger partial charge is 0.0998 e. The van der Waals surface area contributed by atoms with Crippen molar-refractivity contribution in [2.75, 3.05) is 13.1 Å². The summed E-state index contributed by atoms with van der Waals surface area (Å²) in [6.07, 6.45) is 2.38. The first-order valence-corrected chi connectivity index (χ1v) is 7.56.